The first-order chi connectivity index (χ1) is 9.38. The second kappa shape index (κ2) is 5.80. The van der Waals surface area contributed by atoms with Crippen molar-refractivity contribution in [3.05, 3.63) is 41.6 Å². The molecule has 0 saturated heterocycles. The molecule has 108 valence electrons. The highest BCUT2D eigenvalue weighted by Crippen LogP contribution is 2.28. The molecule has 1 aromatic carbocycles. The van der Waals surface area contributed by atoms with Crippen LogP contribution in [-0.2, 0) is 12.0 Å². The Morgan fingerprint density at radius 1 is 1.15 bits per heavy atom. The third-order valence-electron chi connectivity index (χ3n) is 3.36. The Balaban J connectivity index is 2.22. The second-order valence-corrected chi connectivity index (χ2v) is 6.54. The molecule has 0 amide bonds. The van der Waals surface area contributed by atoms with E-state index in [2.05, 4.69) is 69.4 Å². The average molecular weight is 272 g/mol. The van der Waals surface area contributed by atoms with Crippen LogP contribution in [0.3, 0.4) is 0 Å². The lowest BCUT2D eigenvalue weighted by Gasteiger charge is -2.19. The van der Waals surface area contributed by atoms with Gasteiger partial charge in [-0.25, -0.2) is 0 Å². The van der Waals surface area contributed by atoms with Crippen LogP contribution in [0.5, 0.6) is 0 Å². The molecule has 2 aromatic rings. The standard InChI is InChI=1S/C17H24N2O/c1-12(2)18-10-14-11-19-20-16(14)13-6-8-15(9-7-13)17(3,4)5/h6-9,11-12,18H,10H2,1-5H3. The van der Waals surface area contributed by atoms with E-state index in [4.69, 9.17) is 4.52 Å². The van der Waals surface area contributed by atoms with Gasteiger partial charge in [-0.3, -0.25) is 0 Å². The van der Waals surface area contributed by atoms with Gasteiger partial charge in [0.25, 0.3) is 0 Å². The third-order valence-corrected chi connectivity index (χ3v) is 3.36. The lowest BCUT2D eigenvalue weighted by molar-refractivity contribution is 0.431. The molecule has 0 spiro atoms. The molecule has 0 radical (unpaired) electrons. The number of nitrogens with one attached hydrogen (secondary N) is 1. The quantitative estimate of drug-likeness (QED) is 0.909. The van der Waals surface area contributed by atoms with Crippen LogP contribution in [0.1, 0.15) is 45.7 Å². The first-order valence-electron chi connectivity index (χ1n) is 7.16. The van der Waals surface area contributed by atoms with Crippen LogP contribution in [-0.4, -0.2) is 11.2 Å². The molecule has 0 aliphatic rings. The third kappa shape index (κ3) is 3.48. The van der Waals surface area contributed by atoms with Gasteiger partial charge in [0.1, 0.15) is 0 Å². The van der Waals surface area contributed by atoms with Gasteiger partial charge in [-0.15, -0.1) is 0 Å². The van der Waals surface area contributed by atoms with Gasteiger partial charge in [0.05, 0.1) is 6.20 Å². The molecule has 3 heteroatoms. The van der Waals surface area contributed by atoms with E-state index in [0.29, 0.717) is 6.04 Å². The molecule has 2 rings (SSSR count). The van der Waals surface area contributed by atoms with Gasteiger partial charge in [0.2, 0.25) is 0 Å². The van der Waals surface area contributed by atoms with Crippen LogP contribution in [0.2, 0.25) is 0 Å². The fourth-order valence-corrected chi connectivity index (χ4v) is 2.06. The fraction of sp³-hybridized carbons (Fsp3) is 0.471. The highest BCUT2D eigenvalue weighted by molar-refractivity contribution is 5.61. The Hall–Kier alpha value is -1.61. The molecule has 1 aromatic heterocycles. The summed E-state index contributed by atoms with van der Waals surface area (Å²) in [4.78, 5) is 0. The Morgan fingerprint density at radius 3 is 2.35 bits per heavy atom. The summed E-state index contributed by atoms with van der Waals surface area (Å²) >= 11 is 0. The molecule has 0 unspecified atom stereocenters. The summed E-state index contributed by atoms with van der Waals surface area (Å²) in [6.07, 6.45) is 1.79. The van der Waals surface area contributed by atoms with Crippen molar-refractivity contribution in [2.24, 2.45) is 0 Å². The normalized spacial score (nSPS) is 12.1. The van der Waals surface area contributed by atoms with Gasteiger partial charge in [-0.05, 0) is 11.0 Å². The van der Waals surface area contributed by atoms with Crippen LogP contribution in [0.4, 0.5) is 0 Å². The van der Waals surface area contributed by atoms with Crippen molar-refractivity contribution in [3.8, 4) is 11.3 Å². The first kappa shape index (κ1) is 14.8. The predicted molar refractivity (Wildman–Crippen MR) is 82.6 cm³/mol. The maximum absolute atomic E-state index is 5.42. The number of nitrogens with zero attached hydrogens (tertiary/aromatic N) is 1. The molecular weight excluding hydrogens is 248 g/mol. The molecule has 0 saturated carbocycles. The van der Waals surface area contributed by atoms with Crippen molar-refractivity contribution in [1.29, 1.82) is 0 Å². The maximum atomic E-state index is 5.42. The number of hydrogen-bond acceptors (Lipinski definition) is 3. The van der Waals surface area contributed by atoms with Crippen molar-refractivity contribution in [2.45, 2.75) is 52.6 Å². The fourth-order valence-electron chi connectivity index (χ4n) is 2.06. The van der Waals surface area contributed by atoms with E-state index >= 15 is 0 Å². The van der Waals surface area contributed by atoms with Crippen molar-refractivity contribution in [1.82, 2.24) is 10.5 Å². The predicted octanol–water partition coefficient (Wildman–Crippen LogP) is 4.14. The molecule has 1 N–H and O–H groups in total. The second-order valence-electron chi connectivity index (χ2n) is 6.54. The van der Waals surface area contributed by atoms with E-state index < -0.39 is 0 Å². The highest BCUT2D eigenvalue weighted by Gasteiger charge is 2.15. The van der Waals surface area contributed by atoms with Crippen molar-refractivity contribution in [3.63, 3.8) is 0 Å². The van der Waals surface area contributed by atoms with Crippen molar-refractivity contribution >= 4 is 0 Å². The van der Waals surface area contributed by atoms with Gasteiger partial charge >= 0.3 is 0 Å². The zero-order chi connectivity index (χ0) is 14.8. The summed E-state index contributed by atoms with van der Waals surface area (Å²) < 4.78 is 5.42. The molecule has 3 nitrogen and oxygen atoms in total. The van der Waals surface area contributed by atoms with E-state index in [1.165, 1.54) is 5.56 Å². The topological polar surface area (TPSA) is 38.1 Å². The smallest absolute Gasteiger partial charge is 0.171 e. The summed E-state index contributed by atoms with van der Waals surface area (Å²) in [5.74, 6) is 0.860. The van der Waals surface area contributed by atoms with Gasteiger partial charge in [-0.2, -0.15) is 0 Å². The molecule has 0 aliphatic heterocycles. The van der Waals surface area contributed by atoms with E-state index in [9.17, 15) is 0 Å². The number of hydrogen-bond donors (Lipinski definition) is 1. The van der Waals surface area contributed by atoms with E-state index in [1.807, 2.05) is 0 Å². The lowest BCUT2D eigenvalue weighted by Crippen LogP contribution is -2.21. The number of benzene rings is 1. The van der Waals surface area contributed by atoms with Gasteiger partial charge in [0, 0.05) is 23.7 Å². The highest BCUT2D eigenvalue weighted by atomic mass is 16.5. The molecule has 0 aliphatic carbocycles. The Morgan fingerprint density at radius 2 is 1.80 bits per heavy atom. The Kier molecular flexibility index (Phi) is 4.29. The SMILES string of the molecule is CC(C)NCc1cnoc1-c1ccc(C(C)(C)C)cc1. The summed E-state index contributed by atoms with van der Waals surface area (Å²) in [5, 5.41) is 7.33. The monoisotopic (exact) mass is 272 g/mol. The molecule has 0 bridgehead atoms. The van der Waals surface area contributed by atoms with E-state index in [-0.39, 0.29) is 5.41 Å². The minimum absolute atomic E-state index is 0.169. The Labute approximate surface area is 121 Å². The summed E-state index contributed by atoms with van der Waals surface area (Å²) in [5.41, 5.74) is 3.67. The Bertz CT molecular complexity index is 547. The van der Waals surface area contributed by atoms with Crippen molar-refractivity contribution in [2.75, 3.05) is 0 Å². The first-order valence-corrected chi connectivity index (χ1v) is 7.16. The average Bonchev–Trinajstić information content (AvgIpc) is 2.83. The molecule has 20 heavy (non-hydrogen) atoms. The summed E-state index contributed by atoms with van der Waals surface area (Å²) in [6, 6.07) is 9.00. The van der Waals surface area contributed by atoms with Gasteiger partial charge in [-0.1, -0.05) is 64.0 Å². The minimum atomic E-state index is 0.169. The van der Waals surface area contributed by atoms with Crippen LogP contribution in [0.15, 0.2) is 35.0 Å². The zero-order valence-electron chi connectivity index (χ0n) is 13.0. The largest absolute Gasteiger partial charge is 0.356 e. The lowest BCUT2D eigenvalue weighted by atomic mass is 9.86. The molecule has 0 fully saturated rings. The molecular formula is C17H24N2O. The van der Waals surface area contributed by atoms with E-state index in [0.717, 1.165) is 23.4 Å². The van der Waals surface area contributed by atoms with Crippen LogP contribution >= 0.6 is 0 Å². The van der Waals surface area contributed by atoms with Crippen LogP contribution < -0.4 is 5.32 Å². The van der Waals surface area contributed by atoms with Gasteiger partial charge in [0.15, 0.2) is 5.76 Å². The molecule has 0 atom stereocenters. The summed E-state index contributed by atoms with van der Waals surface area (Å²) in [7, 11) is 0. The maximum Gasteiger partial charge on any atom is 0.171 e. The molecule has 1 heterocycles. The zero-order valence-corrected chi connectivity index (χ0v) is 13.0. The summed E-state index contributed by atoms with van der Waals surface area (Å²) in [6.45, 7) is 11.7. The van der Waals surface area contributed by atoms with Crippen LogP contribution in [0, 0.1) is 0 Å². The number of rotatable bonds is 4. The van der Waals surface area contributed by atoms with E-state index in [1.54, 1.807) is 6.20 Å². The van der Waals surface area contributed by atoms with Gasteiger partial charge < -0.3 is 9.84 Å². The van der Waals surface area contributed by atoms with Crippen molar-refractivity contribution < 1.29 is 4.52 Å². The number of aromatic nitrogens is 1. The van der Waals surface area contributed by atoms with Crippen LogP contribution in [0.25, 0.3) is 11.3 Å². The minimum Gasteiger partial charge on any atom is -0.356 e.